The molecule has 0 bridgehead atoms. The van der Waals surface area contributed by atoms with Gasteiger partial charge in [-0.05, 0) is 31.5 Å². The van der Waals surface area contributed by atoms with Crippen LogP contribution in [0.25, 0.3) is 21.9 Å². The summed E-state index contributed by atoms with van der Waals surface area (Å²) >= 11 is 0. The van der Waals surface area contributed by atoms with Crippen molar-refractivity contribution < 1.29 is 8.42 Å². The molecule has 0 saturated carbocycles. The van der Waals surface area contributed by atoms with Gasteiger partial charge in [0, 0.05) is 43.7 Å². The van der Waals surface area contributed by atoms with Gasteiger partial charge in [-0.3, -0.25) is 0 Å². The normalized spacial score (nSPS) is 12.5. The van der Waals surface area contributed by atoms with Crippen molar-refractivity contribution in [1.29, 1.82) is 0 Å². The first-order valence-corrected chi connectivity index (χ1v) is 9.27. The Balaban J connectivity index is 2.06. The van der Waals surface area contributed by atoms with Crippen LogP contribution >= 0.6 is 0 Å². The number of pyridine rings is 1. The van der Waals surface area contributed by atoms with Crippen LogP contribution < -0.4 is 4.72 Å². The molecular weight excluding hydrogens is 324 g/mol. The second-order valence-electron chi connectivity index (χ2n) is 6.13. The Morgan fingerprint density at radius 3 is 2.62 bits per heavy atom. The first-order chi connectivity index (χ1) is 11.3. The van der Waals surface area contributed by atoms with E-state index in [1.54, 1.807) is 0 Å². The molecule has 1 aromatic carbocycles. The lowest BCUT2D eigenvalue weighted by Crippen LogP contribution is -2.37. The molecule has 3 rings (SSSR count). The van der Waals surface area contributed by atoms with Crippen molar-refractivity contribution in [2.24, 2.45) is 0 Å². The van der Waals surface area contributed by atoms with E-state index in [1.165, 1.54) is 24.0 Å². The summed E-state index contributed by atoms with van der Waals surface area (Å²) in [6, 6.07) is 10.2. The number of hydrogen-bond donors (Lipinski definition) is 1. The SMILES string of the molecule is Cc1cc(C)c2c3ccccc3n(CCNS(=O)(=O)N(C)C)c2n1. The molecule has 0 fully saturated rings. The second-order valence-corrected chi connectivity index (χ2v) is 8.10. The van der Waals surface area contributed by atoms with Gasteiger partial charge in [0.1, 0.15) is 5.65 Å². The molecule has 0 amide bonds. The molecule has 0 unspecified atom stereocenters. The maximum Gasteiger partial charge on any atom is 0.278 e. The highest BCUT2D eigenvalue weighted by molar-refractivity contribution is 7.87. The van der Waals surface area contributed by atoms with Gasteiger partial charge in [-0.25, -0.2) is 9.71 Å². The van der Waals surface area contributed by atoms with Crippen LogP contribution in [0.15, 0.2) is 30.3 Å². The van der Waals surface area contributed by atoms with Gasteiger partial charge in [0.2, 0.25) is 0 Å². The zero-order chi connectivity index (χ0) is 17.5. The summed E-state index contributed by atoms with van der Waals surface area (Å²) in [4.78, 5) is 4.70. The highest BCUT2D eigenvalue weighted by atomic mass is 32.2. The number of rotatable bonds is 5. The Bertz CT molecular complexity index is 1010. The molecule has 2 heterocycles. The van der Waals surface area contributed by atoms with Gasteiger partial charge < -0.3 is 4.57 Å². The van der Waals surface area contributed by atoms with Crippen LogP contribution in [0.5, 0.6) is 0 Å². The van der Waals surface area contributed by atoms with Crippen LogP contribution in [0, 0.1) is 13.8 Å². The molecule has 0 saturated heterocycles. The molecule has 0 aliphatic carbocycles. The summed E-state index contributed by atoms with van der Waals surface area (Å²) in [6.07, 6.45) is 0. The van der Waals surface area contributed by atoms with Crippen molar-refractivity contribution in [3.8, 4) is 0 Å². The average Bonchev–Trinajstić information content (AvgIpc) is 2.81. The summed E-state index contributed by atoms with van der Waals surface area (Å²) in [7, 11) is -0.403. The van der Waals surface area contributed by atoms with E-state index in [4.69, 9.17) is 4.98 Å². The standard InChI is InChI=1S/C17H22N4O2S/c1-12-11-13(2)19-17-16(12)14-7-5-6-8-15(14)21(17)10-9-18-24(22,23)20(3)4/h5-8,11,18H,9-10H2,1-4H3. The smallest absolute Gasteiger partial charge is 0.278 e. The van der Waals surface area contributed by atoms with E-state index < -0.39 is 10.2 Å². The minimum atomic E-state index is -3.42. The fourth-order valence-corrected chi connectivity index (χ4v) is 3.63. The monoisotopic (exact) mass is 346 g/mol. The zero-order valence-electron chi connectivity index (χ0n) is 14.4. The van der Waals surface area contributed by atoms with Gasteiger partial charge in [0.05, 0.1) is 5.52 Å². The number of hydrogen-bond acceptors (Lipinski definition) is 3. The summed E-state index contributed by atoms with van der Waals surface area (Å²) in [5, 5.41) is 2.28. The number of aryl methyl sites for hydroxylation is 2. The fourth-order valence-electron chi connectivity index (χ4n) is 3.02. The molecule has 6 nitrogen and oxygen atoms in total. The van der Waals surface area contributed by atoms with Crippen molar-refractivity contribution in [1.82, 2.24) is 18.6 Å². The van der Waals surface area contributed by atoms with Crippen LogP contribution in [-0.4, -0.2) is 42.9 Å². The maximum atomic E-state index is 11.9. The minimum Gasteiger partial charge on any atom is -0.324 e. The van der Waals surface area contributed by atoms with Gasteiger partial charge in [0.15, 0.2) is 0 Å². The summed E-state index contributed by atoms with van der Waals surface area (Å²) in [6.45, 7) is 4.89. The highest BCUT2D eigenvalue weighted by Crippen LogP contribution is 2.30. The van der Waals surface area contributed by atoms with Gasteiger partial charge >= 0.3 is 0 Å². The Kier molecular flexibility index (Phi) is 4.33. The van der Waals surface area contributed by atoms with E-state index in [-0.39, 0.29) is 0 Å². The Labute approximate surface area is 142 Å². The third-order valence-electron chi connectivity index (χ3n) is 4.15. The minimum absolute atomic E-state index is 0.308. The number of aromatic nitrogens is 2. The molecule has 1 N–H and O–H groups in total. The second kappa shape index (κ2) is 6.16. The first-order valence-electron chi connectivity index (χ1n) is 7.83. The molecule has 0 atom stereocenters. The number of benzene rings is 1. The van der Waals surface area contributed by atoms with E-state index in [1.807, 2.05) is 25.1 Å². The molecule has 24 heavy (non-hydrogen) atoms. The van der Waals surface area contributed by atoms with Crippen molar-refractivity contribution in [3.05, 3.63) is 41.6 Å². The van der Waals surface area contributed by atoms with Crippen molar-refractivity contribution in [3.63, 3.8) is 0 Å². The predicted octanol–water partition coefficient (Wildman–Crippen LogP) is 2.20. The molecule has 0 aliphatic heterocycles. The van der Waals surface area contributed by atoms with Crippen LogP contribution in [0.3, 0.4) is 0 Å². The summed E-state index contributed by atoms with van der Waals surface area (Å²) in [5.41, 5.74) is 4.11. The quantitative estimate of drug-likeness (QED) is 0.770. The Morgan fingerprint density at radius 2 is 1.92 bits per heavy atom. The van der Waals surface area contributed by atoms with Crippen LogP contribution in [0.1, 0.15) is 11.3 Å². The third kappa shape index (κ3) is 2.90. The highest BCUT2D eigenvalue weighted by Gasteiger charge is 2.16. The molecule has 128 valence electrons. The predicted molar refractivity (Wildman–Crippen MR) is 97.3 cm³/mol. The lowest BCUT2D eigenvalue weighted by atomic mass is 10.1. The van der Waals surface area contributed by atoms with Gasteiger partial charge in [-0.1, -0.05) is 18.2 Å². The number of para-hydroxylation sites is 1. The number of fused-ring (bicyclic) bond motifs is 3. The summed E-state index contributed by atoms with van der Waals surface area (Å²) in [5.74, 6) is 0. The molecule has 2 aromatic heterocycles. The van der Waals surface area contributed by atoms with E-state index >= 15 is 0 Å². The van der Waals surface area contributed by atoms with Crippen LogP contribution in [0.4, 0.5) is 0 Å². The Morgan fingerprint density at radius 1 is 1.21 bits per heavy atom. The van der Waals surface area contributed by atoms with Crippen molar-refractivity contribution >= 4 is 32.1 Å². The third-order valence-corrected chi connectivity index (χ3v) is 5.68. The molecule has 0 spiro atoms. The van der Waals surface area contributed by atoms with Crippen LogP contribution in [0.2, 0.25) is 0 Å². The lowest BCUT2D eigenvalue weighted by molar-refractivity contribution is 0.502. The van der Waals surface area contributed by atoms with Gasteiger partial charge in [-0.2, -0.15) is 12.7 Å². The molecule has 0 radical (unpaired) electrons. The van der Waals surface area contributed by atoms with E-state index in [2.05, 4.69) is 28.3 Å². The van der Waals surface area contributed by atoms with Crippen molar-refractivity contribution in [2.45, 2.75) is 20.4 Å². The largest absolute Gasteiger partial charge is 0.324 e. The lowest BCUT2D eigenvalue weighted by Gasteiger charge is -2.13. The van der Waals surface area contributed by atoms with E-state index in [0.29, 0.717) is 13.1 Å². The van der Waals surface area contributed by atoms with E-state index in [9.17, 15) is 8.42 Å². The molecule has 0 aliphatic rings. The van der Waals surface area contributed by atoms with Crippen LogP contribution in [-0.2, 0) is 16.8 Å². The van der Waals surface area contributed by atoms with Gasteiger partial charge in [-0.15, -0.1) is 0 Å². The fraction of sp³-hybridized carbons (Fsp3) is 0.353. The Hall–Kier alpha value is -1.96. The van der Waals surface area contributed by atoms with E-state index in [0.717, 1.165) is 27.6 Å². The number of nitrogens with one attached hydrogen (secondary N) is 1. The summed E-state index contributed by atoms with van der Waals surface area (Å²) < 4.78 is 29.6. The maximum absolute atomic E-state index is 11.9. The molecular formula is C17H22N4O2S. The van der Waals surface area contributed by atoms with Crippen molar-refractivity contribution in [2.75, 3.05) is 20.6 Å². The average molecular weight is 346 g/mol. The number of nitrogens with zero attached hydrogens (tertiary/aromatic N) is 3. The molecule has 7 heteroatoms. The first kappa shape index (κ1) is 16.9. The topological polar surface area (TPSA) is 67.2 Å². The zero-order valence-corrected chi connectivity index (χ0v) is 15.2. The van der Waals surface area contributed by atoms with Gasteiger partial charge in [0.25, 0.3) is 10.2 Å². The molecule has 3 aromatic rings.